The fourth-order valence-corrected chi connectivity index (χ4v) is 3.84. The average Bonchev–Trinajstić information content (AvgIpc) is 3.13. The maximum atomic E-state index is 12.9. The SMILES string of the molecule is CCCOc1ccc(C2C(C(=O)OCC)=C(C)Nc3nc(SCC)nn32)cc1OC. The lowest BCUT2D eigenvalue weighted by Crippen LogP contribution is -2.29. The van der Waals surface area contributed by atoms with Gasteiger partial charge >= 0.3 is 5.97 Å². The predicted molar refractivity (Wildman–Crippen MR) is 116 cm³/mol. The van der Waals surface area contributed by atoms with E-state index in [1.807, 2.05) is 39.0 Å². The molecule has 0 spiro atoms. The number of fused-ring (bicyclic) bond motifs is 1. The molecule has 1 aliphatic heterocycles. The molecule has 0 fully saturated rings. The van der Waals surface area contributed by atoms with Gasteiger partial charge in [0.1, 0.15) is 6.04 Å². The van der Waals surface area contributed by atoms with Gasteiger partial charge in [-0.2, -0.15) is 4.98 Å². The summed E-state index contributed by atoms with van der Waals surface area (Å²) in [6.07, 6.45) is 0.897. The topological polar surface area (TPSA) is 87.5 Å². The van der Waals surface area contributed by atoms with E-state index in [1.165, 1.54) is 0 Å². The van der Waals surface area contributed by atoms with Gasteiger partial charge < -0.3 is 19.5 Å². The zero-order valence-corrected chi connectivity index (χ0v) is 18.8. The van der Waals surface area contributed by atoms with Crippen molar-refractivity contribution in [3.05, 3.63) is 35.0 Å². The fourth-order valence-electron chi connectivity index (χ4n) is 3.29. The van der Waals surface area contributed by atoms with Gasteiger partial charge in [0.25, 0.3) is 0 Å². The molecule has 0 saturated heterocycles. The molecule has 1 aromatic carbocycles. The molecule has 1 unspecified atom stereocenters. The Bertz CT molecular complexity index is 941. The number of carbonyl (C=O) groups excluding carboxylic acids is 1. The van der Waals surface area contributed by atoms with E-state index in [9.17, 15) is 4.79 Å². The highest BCUT2D eigenvalue weighted by Crippen LogP contribution is 2.39. The lowest BCUT2D eigenvalue weighted by atomic mass is 9.95. The van der Waals surface area contributed by atoms with Gasteiger partial charge in [-0.05, 0) is 43.7 Å². The summed E-state index contributed by atoms with van der Waals surface area (Å²) in [6, 6.07) is 5.18. The van der Waals surface area contributed by atoms with Crippen molar-refractivity contribution in [1.82, 2.24) is 14.8 Å². The molecule has 2 aromatic rings. The van der Waals surface area contributed by atoms with Crippen LogP contribution in [-0.2, 0) is 9.53 Å². The largest absolute Gasteiger partial charge is 0.493 e. The van der Waals surface area contributed by atoms with E-state index in [0.717, 1.165) is 17.7 Å². The van der Waals surface area contributed by atoms with Crippen LogP contribution in [-0.4, -0.2) is 46.8 Å². The Morgan fingerprint density at radius 1 is 1.27 bits per heavy atom. The number of esters is 1. The molecule has 0 bridgehead atoms. The van der Waals surface area contributed by atoms with Crippen LogP contribution in [0.4, 0.5) is 5.95 Å². The second kappa shape index (κ2) is 9.88. The first-order valence-corrected chi connectivity index (χ1v) is 11.1. The summed E-state index contributed by atoms with van der Waals surface area (Å²) in [4.78, 5) is 17.4. The molecule has 3 rings (SSSR count). The van der Waals surface area contributed by atoms with E-state index < -0.39 is 6.04 Å². The van der Waals surface area contributed by atoms with Crippen LogP contribution in [0.2, 0.25) is 0 Å². The van der Waals surface area contributed by atoms with Gasteiger partial charge in [-0.1, -0.05) is 31.7 Å². The maximum absolute atomic E-state index is 12.9. The van der Waals surface area contributed by atoms with Crippen LogP contribution in [0.15, 0.2) is 34.6 Å². The van der Waals surface area contributed by atoms with Crippen molar-refractivity contribution in [3.8, 4) is 11.5 Å². The highest BCUT2D eigenvalue weighted by atomic mass is 32.2. The zero-order chi connectivity index (χ0) is 21.7. The number of hydrogen-bond acceptors (Lipinski definition) is 8. The average molecular weight is 433 g/mol. The number of ether oxygens (including phenoxy) is 3. The van der Waals surface area contributed by atoms with E-state index in [1.54, 1.807) is 30.5 Å². The van der Waals surface area contributed by atoms with Crippen molar-refractivity contribution in [1.29, 1.82) is 0 Å². The molecular formula is C21H28N4O4S. The molecule has 1 aromatic heterocycles. The van der Waals surface area contributed by atoms with Crippen LogP contribution >= 0.6 is 11.8 Å². The number of methoxy groups -OCH3 is 1. The number of benzene rings is 1. The number of aromatic nitrogens is 3. The standard InChI is InChI=1S/C21H28N4O4S/c1-6-11-29-15-10-9-14(12-16(15)27-5)18-17(19(26)28-7-2)13(4)22-20-23-21(30-8-3)24-25(18)20/h9-10,12,18H,6-8,11H2,1-5H3,(H,22,23,24). The summed E-state index contributed by atoms with van der Waals surface area (Å²) in [5.41, 5.74) is 2.02. The number of anilines is 1. The molecule has 1 N–H and O–H groups in total. The molecular weight excluding hydrogens is 404 g/mol. The maximum Gasteiger partial charge on any atom is 0.338 e. The lowest BCUT2D eigenvalue weighted by molar-refractivity contribution is -0.139. The van der Waals surface area contributed by atoms with Gasteiger partial charge in [-0.3, -0.25) is 0 Å². The smallest absolute Gasteiger partial charge is 0.338 e. The molecule has 2 heterocycles. The number of thioether (sulfide) groups is 1. The number of nitrogens with zero attached hydrogens (tertiary/aromatic N) is 3. The molecule has 1 aliphatic rings. The molecule has 162 valence electrons. The number of carbonyl (C=O) groups is 1. The van der Waals surface area contributed by atoms with Crippen LogP contribution < -0.4 is 14.8 Å². The summed E-state index contributed by atoms with van der Waals surface area (Å²) in [5.74, 6) is 2.32. The van der Waals surface area contributed by atoms with E-state index in [0.29, 0.717) is 40.5 Å². The number of allylic oxidation sites excluding steroid dienone is 1. The summed E-state index contributed by atoms with van der Waals surface area (Å²) < 4.78 is 18.4. The third kappa shape index (κ3) is 4.40. The molecule has 8 nitrogen and oxygen atoms in total. The minimum atomic E-state index is -0.492. The normalized spacial score (nSPS) is 15.4. The molecule has 1 atom stereocenters. The quantitative estimate of drug-likeness (QED) is 0.469. The van der Waals surface area contributed by atoms with Crippen LogP contribution in [0.5, 0.6) is 11.5 Å². The molecule has 0 amide bonds. The summed E-state index contributed by atoms with van der Waals surface area (Å²) in [6.45, 7) is 8.62. The van der Waals surface area contributed by atoms with Gasteiger partial charge in [0.05, 0.1) is 25.9 Å². The van der Waals surface area contributed by atoms with Gasteiger partial charge in [-0.15, -0.1) is 5.10 Å². The minimum absolute atomic E-state index is 0.288. The van der Waals surface area contributed by atoms with Crippen molar-refractivity contribution in [2.45, 2.75) is 45.3 Å². The Morgan fingerprint density at radius 2 is 2.07 bits per heavy atom. The van der Waals surface area contributed by atoms with Crippen molar-refractivity contribution >= 4 is 23.7 Å². The Labute approximate surface area is 181 Å². The van der Waals surface area contributed by atoms with E-state index in [4.69, 9.17) is 14.2 Å². The highest BCUT2D eigenvalue weighted by molar-refractivity contribution is 7.99. The zero-order valence-electron chi connectivity index (χ0n) is 18.0. The van der Waals surface area contributed by atoms with Gasteiger partial charge in [0, 0.05) is 5.70 Å². The van der Waals surface area contributed by atoms with Crippen molar-refractivity contribution in [3.63, 3.8) is 0 Å². The van der Waals surface area contributed by atoms with Crippen LogP contribution in [0.25, 0.3) is 0 Å². The van der Waals surface area contributed by atoms with E-state index in [2.05, 4.69) is 15.4 Å². The Morgan fingerprint density at radius 3 is 2.73 bits per heavy atom. The number of hydrogen-bond donors (Lipinski definition) is 1. The number of nitrogens with one attached hydrogen (secondary N) is 1. The lowest BCUT2D eigenvalue weighted by Gasteiger charge is -2.28. The summed E-state index contributed by atoms with van der Waals surface area (Å²) in [5, 5.41) is 8.49. The highest BCUT2D eigenvalue weighted by Gasteiger charge is 2.35. The second-order valence-electron chi connectivity index (χ2n) is 6.64. The first-order chi connectivity index (χ1) is 14.5. The van der Waals surface area contributed by atoms with Crippen molar-refractivity contribution in [2.24, 2.45) is 0 Å². The van der Waals surface area contributed by atoms with Crippen molar-refractivity contribution in [2.75, 3.05) is 31.4 Å². The number of rotatable bonds is 9. The molecule has 0 radical (unpaired) electrons. The monoisotopic (exact) mass is 432 g/mol. The molecule has 9 heteroatoms. The van der Waals surface area contributed by atoms with E-state index in [-0.39, 0.29) is 12.6 Å². The molecule has 0 aliphatic carbocycles. The van der Waals surface area contributed by atoms with Crippen LogP contribution in [0.3, 0.4) is 0 Å². The van der Waals surface area contributed by atoms with Crippen molar-refractivity contribution < 1.29 is 19.0 Å². The third-order valence-electron chi connectivity index (χ3n) is 4.57. The first-order valence-electron chi connectivity index (χ1n) is 10.1. The van der Waals surface area contributed by atoms with E-state index >= 15 is 0 Å². The molecule has 30 heavy (non-hydrogen) atoms. The van der Waals surface area contributed by atoms with Crippen LogP contribution in [0.1, 0.15) is 45.7 Å². The Kier molecular flexibility index (Phi) is 7.25. The van der Waals surface area contributed by atoms with Gasteiger partial charge in [0.2, 0.25) is 11.1 Å². The van der Waals surface area contributed by atoms with Gasteiger partial charge in [-0.25, -0.2) is 9.48 Å². The fraction of sp³-hybridized carbons (Fsp3) is 0.476. The Balaban J connectivity index is 2.11. The molecule has 0 saturated carbocycles. The Hall–Kier alpha value is -2.68. The summed E-state index contributed by atoms with van der Waals surface area (Å²) >= 11 is 1.54. The second-order valence-corrected chi connectivity index (χ2v) is 7.87. The van der Waals surface area contributed by atoms with Crippen LogP contribution in [0, 0.1) is 0 Å². The predicted octanol–water partition coefficient (Wildman–Crippen LogP) is 4.04. The first kappa shape index (κ1) is 22.0. The van der Waals surface area contributed by atoms with Gasteiger partial charge in [0.15, 0.2) is 11.5 Å². The summed E-state index contributed by atoms with van der Waals surface area (Å²) in [7, 11) is 1.60. The third-order valence-corrected chi connectivity index (χ3v) is 5.29. The minimum Gasteiger partial charge on any atom is -0.493 e.